The molecule has 0 fully saturated rings. The summed E-state index contributed by atoms with van der Waals surface area (Å²) in [5, 5.41) is 25.0. The van der Waals surface area contributed by atoms with Crippen molar-refractivity contribution >= 4 is 34.3 Å². The third-order valence-electron chi connectivity index (χ3n) is 2.87. The molecule has 1 aromatic carbocycles. The standard InChI is InChI=1S/C12H16N4O4S/c1-3-4-8(12(13)21)14-11-9(15(17)18)5-7(2)6-10(11)16(19)20/h5-6,8,14H,3-4H2,1-2H3,(H2,13,21). The van der Waals surface area contributed by atoms with E-state index in [4.69, 9.17) is 18.0 Å². The van der Waals surface area contributed by atoms with E-state index in [1.807, 2.05) is 6.92 Å². The third-order valence-corrected chi connectivity index (χ3v) is 3.16. The number of rotatable bonds is 7. The van der Waals surface area contributed by atoms with Crippen LogP contribution in [-0.4, -0.2) is 20.9 Å². The Morgan fingerprint density at radius 2 is 1.81 bits per heavy atom. The number of nitrogens with one attached hydrogen (secondary N) is 1. The topological polar surface area (TPSA) is 124 Å². The minimum Gasteiger partial charge on any atom is -0.392 e. The summed E-state index contributed by atoms with van der Waals surface area (Å²) in [4.78, 5) is 21.1. The molecule has 1 rings (SSSR count). The highest BCUT2D eigenvalue weighted by atomic mass is 32.1. The molecule has 0 heterocycles. The van der Waals surface area contributed by atoms with Gasteiger partial charge in [0.15, 0.2) is 5.69 Å². The zero-order valence-electron chi connectivity index (χ0n) is 11.7. The predicted octanol–water partition coefficient (Wildman–Crippen LogP) is 2.68. The highest BCUT2D eigenvalue weighted by molar-refractivity contribution is 7.80. The van der Waals surface area contributed by atoms with Gasteiger partial charge in [0.1, 0.15) is 0 Å². The third kappa shape index (κ3) is 4.09. The van der Waals surface area contributed by atoms with Crippen LogP contribution in [0.25, 0.3) is 0 Å². The number of anilines is 1. The molecule has 0 aliphatic rings. The quantitative estimate of drug-likeness (QED) is 0.450. The van der Waals surface area contributed by atoms with Crippen molar-refractivity contribution in [3.63, 3.8) is 0 Å². The first-order chi connectivity index (χ1) is 9.77. The van der Waals surface area contributed by atoms with Crippen LogP contribution in [0.15, 0.2) is 12.1 Å². The molecular formula is C12H16N4O4S. The number of aryl methyl sites for hydroxylation is 1. The Bertz CT molecular complexity index is 556. The van der Waals surface area contributed by atoms with Crippen molar-refractivity contribution in [1.29, 1.82) is 0 Å². The molecule has 0 saturated heterocycles. The molecule has 0 bridgehead atoms. The first-order valence-electron chi connectivity index (χ1n) is 6.27. The first kappa shape index (κ1) is 16.8. The van der Waals surface area contributed by atoms with Crippen molar-refractivity contribution in [2.45, 2.75) is 32.7 Å². The summed E-state index contributed by atoms with van der Waals surface area (Å²) in [7, 11) is 0. The van der Waals surface area contributed by atoms with Gasteiger partial charge in [-0.15, -0.1) is 0 Å². The van der Waals surface area contributed by atoms with E-state index in [-0.39, 0.29) is 22.1 Å². The Balaban J connectivity index is 3.40. The number of nitrogens with two attached hydrogens (primary N) is 1. The van der Waals surface area contributed by atoms with Crippen LogP contribution in [0, 0.1) is 27.2 Å². The Morgan fingerprint density at radius 3 is 2.14 bits per heavy atom. The number of hydrogen-bond acceptors (Lipinski definition) is 6. The summed E-state index contributed by atoms with van der Waals surface area (Å²) in [6.45, 7) is 3.45. The van der Waals surface area contributed by atoms with Gasteiger partial charge in [-0.05, 0) is 18.9 Å². The van der Waals surface area contributed by atoms with Gasteiger partial charge in [0.05, 0.1) is 20.9 Å². The van der Waals surface area contributed by atoms with E-state index in [9.17, 15) is 20.2 Å². The second kappa shape index (κ2) is 6.93. The number of nitrogens with zero attached hydrogens (tertiary/aromatic N) is 2. The van der Waals surface area contributed by atoms with Crippen molar-refractivity contribution in [3.05, 3.63) is 37.9 Å². The zero-order chi connectivity index (χ0) is 16.2. The second-order valence-corrected chi connectivity index (χ2v) is 5.05. The lowest BCUT2D eigenvalue weighted by atomic mass is 10.1. The summed E-state index contributed by atoms with van der Waals surface area (Å²) < 4.78 is 0. The van der Waals surface area contributed by atoms with Crippen molar-refractivity contribution in [1.82, 2.24) is 0 Å². The molecule has 0 aromatic heterocycles. The average Bonchev–Trinajstić information content (AvgIpc) is 2.38. The van der Waals surface area contributed by atoms with Crippen LogP contribution in [-0.2, 0) is 0 Å². The molecule has 0 spiro atoms. The van der Waals surface area contributed by atoms with Crippen LogP contribution in [0.4, 0.5) is 17.1 Å². The lowest BCUT2D eigenvalue weighted by molar-refractivity contribution is -0.392. The second-order valence-electron chi connectivity index (χ2n) is 4.58. The minimum absolute atomic E-state index is 0.112. The summed E-state index contributed by atoms with van der Waals surface area (Å²) >= 11 is 4.90. The van der Waals surface area contributed by atoms with Gasteiger partial charge in [-0.2, -0.15) is 0 Å². The fraction of sp³-hybridized carbons (Fsp3) is 0.417. The van der Waals surface area contributed by atoms with Gasteiger partial charge in [0.2, 0.25) is 0 Å². The fourth-order valence-electron chi connectivity index (χ4n) is 1.93. The van der Waals surface area contributed by atoms with Crippen molar-refractivity contribution < 1.29 is 9.85 Å². The van der Waals surface area contributed by atoms with Crippen LogP contribution < -0.4 is 11.1 Å². The molecule has 1 atom stereocenters. The molecule has 114 valence electrons. The maximum atomic E-state index is 11.1. The number of thiocarbonyl (C=S) groups is 1. The van der Waals surface area contributed by atoms with Crippen LogP contribution in [0.5, 0.6) is 0 Å². The Labute approximate surface area is 126 Å². The van der Waals surface area contributed by atoms with Crippen molar-refractivity contribution in [2.75, 3.05) is 5.32 Å². The smallest absolute Gasteiger partial charge is 0.299 e. The van der Waals surface area contributed by atoms with E-state index in [1.54, 1.807) is 6.92 Å². The van der Waals surface area contributed by atoms with Crippen molar-refractivity contribution in [2.24, 2.45) is 5.73 Å². The monoisotopic (exact) mass is 312 g/mol. The number of nitro benzene ring substituents is 2. The molecular weight excluding hydrogens is 296 g/mol. The Morgan fingerprint density at radius 1 is 1.33 bits per heavy atom. The van der Waals surface area contributed by atoms with Gasteiger partial charge in [-0.1, -0.05) is 25.6 Å². The normalized spacial score (nSPS) is 11.7. The lowest BCUT2D eigenvalue weighted by Gasteiger charge is -2.18. The van der Waals surface area contributed by atoms with E-state index in [1.165, 1.54) is 12.1 Å². The summed E-state index contributed by atoms with van der Waals surface area (Å²) in [6, 6.07) is 2.01. The van der Waals surface area contributed by atoms with Crippen LogP contribution in [0.2, 0.25) is 0 Å². The number of benzene rings is 1. The van der Waals surface area contributed by atoms with Crippen LogP contribution >= 0.6 is 12.2 Å². The highest BCUT2D eigenvalue weighted by Gasteiger charge is 2.28. The van der Waals surface area contributed by atoms with E-state index < -0.39 is 15.9 Å². The molecule has 0 aliphatic carbocycles. The van der Waals surface area contributed by atoms with E-state index in [0.29, 0.717) is 12.0 Å². The van der Waals surface area contributed by atoms with E-state index in [0.717, 1.165) is 6.42 Å². The molecule has 0 amide bonds. The summed E-state index contributed by atoms with van der Waals surface area (Å²) in [5.41, 5.74) is 5.12. The van der Waals surface area contributed by atoms with Gasteiger partial charge in [-0.3, -0.25) is 20.2 Å². The van der Waals surface area contributed by atoms with Crippen molar-refractivity contribution in [3.8, 4) is 0 Å². The van der Waals surface area contributed by atoms with Gasteiger partial charge in [-0.25, -0.2) is 0 Å². The SMILES string of the molecule is CCCC(Nc1c([N+](=O)[O-])cc(C)cc1[N+](=O)[O-])C(N)=S. The molecule has 1 aromatic rings. The van der Waals surface area contributed by atoms with Crippen LogP contribution in [0.1, 0.15) is 25.3 Å². The predicted molar refractivity (Wildman–Crippen MR) is 83.6 cm³/mol. The molecule has 21 heavy (non-hydrogen) atoms. The minimum atomic E-state index is -0.662. The maximum Gasteiger partial charge on any atom is 0.299 e. The Kier molecular flexibility index (Phi) is 5.53. The van der Waals surface area contributed by atoms with Crippen LogP contribution in [0.3, 0.4) is 0 Å². The molecule has 0 saturated carbocycles. The number of hydrogen-bond donors (Lipinski definition) is 2. The molecule has 0 aliphatic heterocycles. The summed E-state index contributed by atoms with van der Waals surface area (Å²) in [6.07, 6.45) is 1.25. The number of nitro groups is 2. The molecule has 8 nitrogen and oxygen atoms in total. The van der Waals surface area contributed by atoms with E-state index >= 15 is 0 Å². The fourth-order valence-corrected chi connectivity index (χ4v) is 2.11. The maximum absolute atomic E-state index is 11.1. The highest BCUT2D eigenvalue weighted by Crippen LogP contribution is 2.36. The van der Waals surface area contributed by atoms with E-state index in [2.05, 4.69) is 5.32 Å². The largest absolute Gasteiger partial charge is 0.392 e. The average molecular weight is 312 g/mol. The first-order valence-corrected chi connectivity index (χ1v) is 6.68. The summed E-state index contributed by atoms with van der Waals surface area (Å²) in [5.74, 6) is 0. The van der Waals surface area contributed by atoms with Gasteiger partial charge in [0, 0.05) is 12.1 Å². The molecule has 9 heteroatoms. The van der Waals surface area contributed by atoms with Gasteiger partial charge >= 0.3 is 0 Å². The molecule has 0 radical (unpaired) electrons. The van der Waals surface area contributed by atoms with Gasteiger partial charge in [0.25, 0.3) is 11.4 Å². The zero-order valence-corrected chi connectivity index (χ0v) is 12.5. The lowest BCUT2D eigenvalue weighted by Crippen LogP contribution is -2.34. The Hall–Kier alpha value is -2.29. The molecule has 1 unspecified atom stereocenters. The molecule has 3 N–H and O–H groups in total. The van der Waals surface area contributed by atoms with Gasteiger partial charge < -0.3 is 11.1 Å².